The molecule has 0 N–H and O–H groups in total. The molecule has 0 unspecified atom stereocenters. The molecule has 0 saturated heterocycles. The van der Waals surface area contributed by atoms with Gasteiger partial charge in [0.2, 0.25) is 0 Å². The van der Waals surface area contributed by atoms with E-state index in [0.29, 0.717) is 17.4 Å². The Labute approximate surface area is 112 Å². The Balaban J connectivity index is 0.000000861. The zero-order valence-corrected chi connectivity index (χ0v) is 11.8. The number of aryl methyl sites for hydroxylation is 1. The van der Waals surface area contributed by atoms with Gasteiger partial charge in [-0.25, -0.2) is 9.50 Å². The maximum absolute atomic E-state index is 11.6. The first-order chi connectivity index (χ1) is 9.19. The summed E-state index contributed by atoms with van der Waals surface area (Å²) in [7, 11) is 0. The monoisotopic (exact) mass is 261 g/mol. The molecule has 0 aliphatic rings. The van der Waals surface area contributed by atoms with Crippen molar-refractivity contribution in [3.05, 3.63) is 29.3 Å². The smallest absolute Gasteiger partial charge is 0.170 e. The van der Waals surface area contributed by atoms with Crippen LogP contribution in [0.2, 0.25) is 0 Å². The van der Waals surface area contributed by atoms with Crippen molar-refractivity contribution < 1.29 is 9.59 Å². The molecule has 0 aliphatic carbocycles. The number of nitrogens with zero attached hydrogens (tertiary/aromatic N) is 3. The van der Waals surface area contributed by atoms with Crippen molar-refractivity contribution in [3.63, 3.8) is 0 Å². The number of hydrogen-bond acceptors (Lipinski definition) is 4. The van der Waals surface area contributed by atoms with Gasteiger partial charge in [0, 0.05) is 11.3 Å². The minimum Gasteiger partial charge on any atom is -0.296 e. The molecule has 19 heavy (non-hydrogen) atoms. The molecule has 0 aromatic carbocycles. The molecule has 2 aromatic heterocycles. The number of aromatic nitrogens is 3. The molecule has 0 radical (unpaired) electrons. The lowest BCUT2D eigenvalue weighted by Gasteiger charge is -2.00. The molecule has 102 valence electrons. The van der Waals surface area contributed by atoms with Gasteiger partial charge in [0.15, 0.2) is 12.1 Å². The number of ketones is 1. The molecule has 0 atom stereocenters. The Morgan fingerprint density at radius 3 is 2.63 bits per heavy atom. The fourth-order valence-electron chi connectivity index (χ4n) is 1.92. The van der Waals surface area contributed by atoms with Crippen molar-refractivity contribution in [3.8, 4) is 0 Å². The van der Waals surface area contributed by atoms with Crippen molar-refractivity contribution >= 4 is 17.6 Å². The lowest BCUT2D eigenvalue weighted by atomic mass is 10.1. The zero-order chi connectivity index (χ0) is 14.4. The Morgan fingerprint density at radius 1 is 1.42 bits per heavy atom. The highest BCUT2D eigenvalue weighted by molar-refractivity contribution is 6.04. The topological polar surface area (TPSA) is 64.3 Å². The third kappa shape index (κ3) is 2.86. The van der Waals surface area contributed by atoms with Crippen LogP contribution in [-0.4, -0.2) is 26.7 Å². The summed E-state index contributed by atoms with van der Waals surface area (Å²) >= 11 is 0. The lowest BCUT2D eigenvalue weighted by Crippen LogP contribution is -2.03. The minimum absolute atomic E-state index is 0.0808. The van der Waals surface area contributed by atoms with Crippen LogP contribution >= 0.6 is 0 Å². The predicted octanol–water partition coefficient (Wildman–Crippen LogP) is 2.72. The van der Waals surface area contributed by atoms with E-state index < -0.39 is 0 Å². The molecule has 5 heteroatoms. The van der Waals surface area contributed by atoms with Crippen LogP contribution in [0.15, 0.2) is 12.4 Å². The van der Waals surface area contributed by atoms with Crippen LogP contribution in [0.3, 0.4) is 0 Å². The number of carbonyl (C=O) groups is 2. The molecule has 0 saturated carbocycles. The van der Waals surface area contributed by atoms with Gasteiger partial charge in [-0.2, -0.15) is 5.10 Å². The van der Waals surface area contributed by atoms with E-state index in [1.165, 1.54) is 13.3 Å². The second-order valence-electron chi connectivity index (χ2n) is 3.88. The summed E-state index contributed by atoms with van der Waals surface area (Å²) in [6, 6.07) is 1.79. The van der Waals surface area contributed by atoms with Crippen molar-refractivity contribution in [1.29, 1.82) is 0 Å². The van der Waals surface area contributed by atoms with Gasteiger partial charge < -0.3 is 0 Å². The molecule has 0 amide bonds. The number of aldehydes is 1. The summed E-state index contributed by atoms with van der Waals surface area (Å²) in [4.78, 5) is 26.4. The first kappa shape index (κ1) is 15.0. The van der Waals surface area contributed by atoms with Gasteiger partial charge in [0.25, 0.3) is 0 Å². The van der Waals surface area contributed by atoms with Crippen LogP contribution in [0.5, 0.6) is 0 Å². The van der Waals surface area contributed by atoms with E-state index in [-0.39, 0.29) is 11.5 Å². The maximum atomic E-state index is 11.6. The highest BCUT2D eigenvalue weighted by Gasteiger charge is 2.16. The third-order valence-corrected chi connectivity index (χ3v) is 2.65. The Hall–Kier alpha value is -2.04. The van der Waals surface area contributed by atoms with Crippen molar-refractivity contribution in [2.24, 2.45) is 0 Å². The minimum atomic E-state index is -0.0808. The second kappa shape index (κ2) is 6.78. The van der Waals surface area contributed by atoms with Gasteiger partial charge >= 0.3 is 0 Å². The Kier molecular flexibility index (Phi) is 5.36. The second-order valence-corrected chi connectivity index (χ2v) is 3.88. The maximum Gasteiger partial charge on any atom is 0.170 e. The standard InChI is InChI=1S/C12H13N3O2.C2H6/c1-3-4-9-5-10(8(2)17)12-11(6-16)13-7-14-15(9)12;1-2/h5-7H,3-4H2,1-2H3;1-2H3. The van der Waals surface area contributed by atoms with Crippen molar-refractivity contribution in [2.45, 2.75) is 40.5 Å². The number of fused-ring (bicyclic) bond motifs is 1. The summed E-state index contributed by atoms with van der Waals surface area (Å²) in [6.45, 7) is 7.53. The number of rotatable bonds is 4. The van der Waals surface area contributed by atoms with E-state index in [1.807, 2.05) is 13.8 Å². The van der Waals surface area contributed by atoms with Gasteiger partial charge in [-0.15, -0.1) is 0 Å². The van der Waals surface area contributed by atoms with Crippen LogP contribution in [0.1, 0.15) is 60.7 Å². The van der Waals surface area contributed by atoms with Crippen LogP contribution in [0.4, 0.5) is 0 Å². The number of hydrogen-bond donors (Lipinski definition) is 0. The zero-order valence-electron chi connectivity index (χ0n) is 11.8. The van der Waals surface area contributed by atoms with Gasteiger partial charge in [0.05, 0.1) is 0 Å². The molecule has 2 heterocycles. The highest BCUT2D eigenvalue weighted by Crippen LogP contribution is 2.19. The van der Waals surface area contributed by atoms with Crippen LogP contribution in [-0.2, 0) is 6.42 Å². The van der Waals surface area contributed by atoms with E-state index >= 15 is 0 Å². The van der Waals surface area contributed by atoms with E-state index in [2.05, 4.69) is 17.0 Å². The summed E-state index contributed by atoms with van der Waals surface area (Å²) in [6.07, 6.45) is 3.74. The van der Waals surface area contributed by atoms with E-state index in [0.717, 1.165) is 18.5 Å². The van der Waals surface area contributed by atoms with E-state index in [9.17, 15) is 9.59 Å². The highest BCUT2D eigenvalue weighted by atomic mass is 16.1. The van der Waals surface area contributed by atoms with Crippen LogP contribution in [0, 0.1) is 0 Å². The van der Waals surface area contributed by atoms with Crippen LogP contribution < -0.4 is 0 Å². The van der Waals surface area contributed by atoms with Crippen molar-refractivity contribution in [2.75, 3.05) is 0 Å². The van der Waals surface area contributed by atoms with E-state index in [1.54, 1.807) is 10.6 Å². The first-order valence-electron chi connectivity index (χ1n) is 6.50. The number of Topliss-reactive ketones (excluding diaryl/α,β-unsaturated/α-hetero) is 1. The fourth-order valence-corrected chi connectivity index (χ4v) is 1.92. The molecule has 0 fully saturated rings. The number of carbonyl (C=O) groups excluding carboxylic acids is 2. The molecule has 5 nitrogen and oxygen atoms in total. The predicted molar refractivity (Wildman–Crippen MR) is 73.7 cm³/mol. The van der Waals surface area contributed by atoms with Gasteiger partial charge in [-0.05, 0) is 19.4 Å². The summed E-state index contributed by atoms with van der Waals surface area (Å²) in [5.74, 6) is -0.0808. The average Bonchev–Trinajstić information content (AvgIpc) is 2.81. The third-order valence-electron chi connectivity index (χ3n) is 2.65. The molecular formula is C14H19N3O2. The first-order valence-corrected chi connectivity index (χ1v) is 6.50. The molecule has 0 spiro atoms. The summed E-state index contributed by atoms with van der Waals surface area (Å²) < 4.78 is 1.64. The lowest BCUT2D eigenvalue weighted by molar-refractivity contribution is 0.101. The Bertz CT molecular complexity index is 588. The Morgan fingerprint density at radius 2 is 2.11 bits per heavy atom. The molecule has 2 rings (SSSR count). The van der Waals surface area contributed by atoms with Gasteiger partial charge in [-0.3, -0.25) is 9.59 Å². The van der Waals surface area contributed by atoms with Crippen molar-refractivity contribution in [1.82, 2.24) is 14.6 Å². The van der Waals surface area contributed by atoms with Gasteiger partial charge in [-0.1, -0.05) is 27.2 Å². The van der Waals surface area contributed by atoms with Crippen LogP contribution in [0.25, 0.3) is 5.52 Å². The molecular weight excluding hydrogens is 242 g/mol. The quantitative estimate of drug-likeness (QED) is 0.627. The fraction of sp³-hybridized carbons (Fsp3) is 0.429. The summed E-state index contributed by atoms with van der Waals surface area (Å²) in [5, 5.41) is 4.11. The SMILES string of the molecule is CC.CCCc1cc(C(C)=O)c2c(C=O)ncnn12. The average molecular weight is 261 g/mol. The normalized spacial score (nSPS) is 9.89. The molecule has 0 aliphatic heterocycles. The van der Waals surface area contributed by atoms with E-state index in [4.69, 9.17) is 0 Å². The van der Waals surface area contributed by atoms with Gasteiger partial charge in [0.1, 0.15) is 17.5 Å². The summed E-state index contributed by atoms with van der Waals surface area (Å²) in [5.41, 5.74) is 2.21. The molecule has 2 aromatic rings. The largest absolute Gasteiger partial charge is 0.296 e. The molecule has 0 bridgehead atoms.